The average Bonchev–Trinajstić information content (AvgIpc) is 2.39. The van der Waals surface area contributed by atoms with Crippen LogP contribution in [0.15, 0.2) is 24.3 Å². The minimum Gasteiger partial charge on any atom is -0.396 e. The Morgan fingerprint density at radius 2 is 2.06 bits per heavy atom. The van der Waals surface area contributed by atoms with Crippen LogP contribution in [0.25, 0.3) is 0 Å². The van der Waals surface area contributed by atoms with Crippen molar-refractivity contribution in [3.8, 4) is 0 Å². The van der Waals surface area contributed by atoms with Gasteiger partial charge in [0.1, 0.15) is 5.82 Å². The molecule has 18 heavy (non-hydrogen) atoms. The molecule has 0 saturated carbocycles. The van der Waals surface area contributed by atoms with Crippen LogP contribution in [-0.2, 0) is 0 Å². The number of aliphatic hydroxyl groups excluding tert-OH is 2. The third kappa shape index (κ3) is 3.51. The first kappa shape index (κ1) is 13.5. The molecule has 1 aliphatic heterocycles. The molecule has 1 fully saturated rings. The van der Waals surface area contributed by atoms with Crippen LogP contribution in [0.4, 0.5) is 4.39 Å². The highest BCUT2D eigenvalue weighted by molar-refractivity contribution is 5.19. The van der Waals surface area contributed by atoms with E-state index in [0.29, 0.717) is 18.0 Å². The van der Waals surface area contributed by atoms with Gasteiger partial charge >= 0.3 is 0 Å². The summed E-state index contributed by atoms with van der Waals surface area (Å²) in [5.41, 5.74) is 0.624. The van der Waals surface area contributed by atoms with Crippen molar-refractivity contribution in [3.05, 3.63) is 35.6 Å². The van der Waals surface area contributed by atoms with Crippen LogP contribution in [0, 0.1) is 11.7 Å². The van der Waals surface area contributed by atoms with Crippen molar-refractivity contribution >= 4 is 0 Å². The Hall–Kier alpha value is -0.970. The maximum absolute atomic E-state index is 13.1. The quantitative estimate of drug-likeness (QED) is 0.856. The molecule has 0 aliphatic carbocycles. The van der Waals surface area contributed by atoms with Crippen molar-refractivity contribution < 1.29 is 14.6 Å². The SMILES string of the molecule is OCC1CCN(CC(O)c2cccc(F)c2)CC1. The Balaban J connectivity index is 1.86. The molecular weight excluding hydrogens is 233 g/mol. The zero-order valence-electron chi connectivity index (χ0n) is 10.4. The number of benzene rings is 1. The Kier molecular flexibility index (Phi) is 4.69. The Labute approximate surface area is 107 Å². The highest BCUT2D eigenvalue weighted by Gasteiger charge is 2.21. The summed E-state index contributed by atoms with van der Waals surface area (Å²) in [5, 5.41) is 19.1. The van der Waals surface area contributed by atoms with E-state index in [2.05, 4.69) is 4.90 Å². The Morgan fingerprint density at radius 1 is 1.33 bits per heavy atom. The summed E-state index contributed by atoms with van der Waals surface area (Å²) in [6, 6.07) is 6.12. The maximum Gasteiger partial charge on any atom is 0.123 e. The molecule has 1 aromatic rings. The van der Waals surface area contributed by atoms with Gasteiger partial charge in [0.05, 0.1) is 6.10 Å². The van der Waals surface area contributed by atoms with Crippen LogP contribution >= 0.6 is 0 Å². The first-order valence-corrected chi connectivity index (χ1v) is 6.46. The summed E-state index contributed by atoms with van der Waals surface area (Å²) in [6.45, 7) is 2.55. The molecule has 0 amide bonds. The molecule has 0 spiro atoms. The maximum atomic E-state index is 13.1. The molecule has 3 nitrogen and oxygen atoms in total. The molecule has 1 atom stereocenters. The lowest BCUT2D eigenvalue weighted by Gasteiger charge is -2.32. The number of likely N-dealkylation sites (tertiary alicyclic amines) is 1. The van der Waals surface area contributed by atoms with Crippen LogP contribution < -0.4 is 0 Å². The normalized spacial score (nSPS) is 19.9. The fraction of sp³-hybridized carbons (Fsp3) is 0.571. The number of nitrogens with zero attached hydrogens (tertiary/aromatic N) is 1. The zero-order chi connectivity index (χ0) is 13.0. The number of piperidine rings is 1. The van der Waals surface area contributed by atoms with Gasteiger partial charge in [-0.15, -0.1) is 0 Å². The van der Waals surface area contributed by atoms with Crippen molar-refractivity contribution in [1.82, 2.24) is 4.90 Å². The van der Waals surface area contributed by atoms with Gasteiger partial charge in [-0.3, -0.25) is 0 Å². The van der Waals surface area contributed by atoms with Gasteiger partial charge in [0.25, 0.3) is 0 Å². The lowest BCUT2D eigenvalue weighted by atomic mass is 9.97. The van der Waals surface area contributed by atoms with Crippen molar-refractivity contribution in [2.75, 3.05) is 26.2 Å². The monoisotopic (exact) mass is 253 g/mol. The molecule has 1 unspecified atom stereocenters. The highest BCUT2D eigenvalue weighted by atomic mass is 19.1. The second-order valence-corrected chi connectivity index (χ2v) is 5.00. The van der Waals surface area contributed by atoms with E-state index in [1.54, 1.807) is 12.1 Å². The van der Waals surface area contributed by atoms with E-state index in [0.717, 1.165) is 25.9 Å². The smallest absolute Gasteiger partial charge is 0.123 e. The largest absolute Gasteiger partial charge is 0.396 e. The number of halogens is 1. The molecule has 0 radical (unpaired) electrons. The summed E-state index contributed by atoms with van der Waals surface area (Å²) < 4.78 is 13.1. The van der Waals surface area contributed by atoms with Crippen molar-refractivity contribution in [3.63, 3.8) is 0 Å². The summed E-state index contributed by atoms with van der Waals surface area (Å²) in [5.74, 6) is 0.0816. The van der Waals surface area contributed by atoms with Gasteiger partial charge in [0.2, 0.25) is 0 Å². The van der Waals surface area contributed by atoms with E-state index in [4.69, 9.17) is 5.11 Å². The van der Waals surface area contributed by atoms with Gasteiger partial charge in [0, 0.05) is 13.2 Å². The van der Waals surface area contributed by atoms with Crippen LogP contribution in [0.2, 0.25) is 0 Å². The minimum absolute atomic E-state index is 0.250. The Bertz CT molecular complexity index is 378. The van der Waals surface area contributed by atoms with Crippen LogP contribution in [0.3, 0.4) is 0 Å². The lowest BCUT2D eigenvalue weighted by Crippen LogP contribution is -2.37. The number of rotatable bonds is 4. The molecule has 100 valence electrons. The minimum atomic E-state index is -0.647. The molecule has 2 N–H and O–H groups in total. The second kappa shape index (κ2) is 6.27. The van der Waals surface area contributed by atoms with Crippen molar-refractivity contribution in [1.29, 1.82) is 0 Å². The number of aliphatic hydroxyl groups is 2. The van der Waals surface area contributed by atoms with E-state index < -0.39 is 6.10 Å². The van der Waals surface area contributed by atoms with Gasteiger partial charge in [0.15, 0.2) is 0 Å². The molecule has 2 rings (SSSR count). The first-order valence-electron chi connectivity index (χ1n) is 6.46. The predicted molar refractivity (Wildman–Crippen MR) is 67.6 cm³/mol. The standard InChI is InChI=1S/C14H20FNO2/c15-13-3-1-2-12(8-13)14(18)9-16-6-4-11(10-17)5-7-16/h1-3,8,11,14,17-18H,4-7,9-10H2. The predicted octanol–water partition coefficient (Wildman–Crippen LogP) is 1.56. The van der Waals surface area contributed by atoms with Gasteiger partial charge in [-0.2, -0.15) is 0 Å². The van der Waals surface area contributed by atoms with Crippen LogP contribution in [0.5, 0.6) is 0 Å². The number of β-amino-alcohol motifs (C(OH)–C–C–N with tert-alkyl or cyclic N) is 1. The highest BCUT2D eigenvalue weighted by Crippen LogP contribution is 2.20. The molecule has 1 heterocycles. The molecule has 1 saturated heterocycles. The van der Waals surface area contributed by atoms with Crippen LogP contribution in [0.1, 0.15) is 24.5 Å². The fourth-order valence-corrected chi connectivity index (χ4v) is 2.42. The van der Waals surface area contributed by atoms with E-state index in [1.165, 1.54) is 12.1 Å². The summed E-state index contributed by atoms with van der Waals surface area (Å²) in [6.07, 6.45) is 1.28. The third-order valence-corrected chi connectivity index (χ3v) is 3.63. The summed E-state index contributed by atoms with van der Waals surface area (Å²) >= 11 is 0. The van der Waals surface area contributed by atoms with Gasteiger partial charge in [-0.25, -0.2) is 4.39 Å². The van der Waals surface area contributed by atoms with Crippen molar-refractivity contribution in [2.24, 2.45) is 5.92 Å². The number of hydrogen-bond donors (Lipinski definition) is 2. The van der Waals surface area contributed by atoms with E-state index in [9.17, 15) is 9.50 Å². The Morgan fingerprint density at radius 3 is 2.67 bits per heavy atom. The molecule has 4 heteroatoms. The van der Waals surface area contributed by atoms with E-state index in [1.807, 2.05) is 0 Å². The van der Waals surface area contributed by atoms with Crippen LogP contribution in [-0.4, -0.2) is 41.4 Å². The molecule has 1 aromatic carbocycles. The first-order chi connectivity index (χ1) is 8.69. The zero-order valence-corrected chi connectivity index (χ0v) is 10.4. The van der Waals surface area contributed by atoms with Gasteiger partial charge in [-0.05, 0) is 49.5 Å². The molecule has 1 aliphatic rings. The summed E-state index contributed by atoms with van der Waals surface area (Å²) in [4.78, 5) is 2.17. The number of hydrogen-bond acceptors (Lipinski definition) is 3. The summed E-state index contributed by atoms with van der Waals surface area (Å²) in [7, 11) is 0. The van der Waals surface area contributed by atoms with Crippen molar-refractivity contribution in [2.45, 2.75) is 18.9 Å². The van der Waals surface area contributed by atoms with E-state index >= 15 is 0 Å². The lowest BCUT2D eigenvalue weighted by molar-refractivity contribution is 0.0762. The second-order valence-electron chi connectivity index (χ2n) is 5.00. The third-order valence-electron chi connectivity index (χ3n) is 3.63. The average molecular weight is 253 g/mol. The molecular formula is C14H20FNO2. The molecule has 0 bridgehead atoms. The molecule has 0 aromatic heterocycles. The van der Waals surface area contributed by atoms with E-state index in [-0.39, 0.29) is 12.4 Å². The van der Waals surface area contributed by atoms with Gasteiger partial charge in [-0.1, -0.05) is 12.1 Å². The topological polar surface area (TPSA) is 43.7 Å². The fourth-order valence-electron chi connectivity index (χ4n) is 2.42. The van der Waals surface area contributed by atoms with Gasteiger partial charge < -0.3 is 15.1 Å².